The van der Waals surface area contributed by atoms with Crippen molar-refractivity contribution >= 4 is 40.4 Å². The number of anilines is 2. The number of rotatable bonds is 4. The summed E-state index contributed by atoms with van der Waals surface area (Å²) in [5.74, 6) is -0.703. The number of carbonyl (C=O) groups excluding carboxylic acids is 2. The van der Waals surface area contributed by atoms with Crippen LogP contribution in [-0.4, -0.2) is 18.9 Å². The maximum atomic E-state index is 13.5. The average molecular weight is 417 g/mol. The van der Waals surface area contributed by atoms with Crippen LogP contribution in [0.5, 0.6) is 0 Å². The summed E-state index contributed by atoms with van der Waals surface area (Å²) in [6.45, 7) is 4.02. The molecule has 0 saturated carbocycles. The molecular weight excluding hydrogens is 396 g/mol. The van der Waals surface area contributed by atoms with Gasteiger partial charge in [-0.1, -0.05) is 48.0 Å². The third-order valence-electron chi connectivity index (χ3n) is 5.42. The van der Waals surface area contributed by atoms with Gasteiger partial charge in [0.25, 0.3) is 11.8 Å². The van der Waals surface area contributed by atoms with Crippen molar-refractivity contribution in [2.45, 2.75) is 13.8 Å². The maximum Gasteiger partial charge on any atom is 0.282 e. The zero-order valence-electron chi connectivity index (χ0n) is 17.0. The molecule has 0 spiro atoms. The molecule has 4 nitrogen and oxygen atoms in total. The highest BCUT2D eigenvalue weighted by atomic mass is 35.5. The van der Waals surface area contributed by atoms with Crippen LogP contribution in [0.1, 0.15) is 16.7 Å². The summed E-state index contributed by atoms with van der Waals surface area (Å²) in [5.41, 5.74) is 4.98. The lowest BCUT2D eigenvalue weighted by Crippen LogP contribution is -2.34. The zero-order chi connectivity index (χ0) is 21.4. The van der Waals surface area contributed by atoms with Crippen LogP contribution in [0.15, 0.2) is 78.5 Å². The highest BCUT2D eigenvalue weighted by molar-refractivity contribution is 6.46. The SMILES string of the molecule is Cc1ccc(C2=C(N(C)c3ccccc3)C(=O)N(c3ccc(Cl)cc3)C2=O)cc1C. The van der Waals surface area contributed by atoms with E-state index in [0.29, 0.717) is 22.0 Å². The largest absolute Gasteiger partial charge is 0.339 e. The number of imide groups is 1. The third-order valence-corrected chi connectivity index (χ3v) is 5.67. The van der Waals surface area contributed by atoms with Crippen molar-refractivity contribution in [3.8, 4) is 0 Å². The first kappa shape index (κ1) is 19.9. The zero-order valence-corrected chi connectivity index (χ0v) is 17.8. The first-order chi connectivity index (χ1) is 14.4. The van der Waals surface area contributed by atoms with Gasteiger partial charge >= 0.3 is 0 Å². The Morgan fingerprint density at radius 3 is 2.10 bits per heavy atom. The predicted octanol–water partition coefficient (Wildman–Crippen LogP) is 5.38. The highest BCUT2D eigenvalue weighted by Gasteiger charge is 2.42. The van der Waals surface area contributed by atoms with E-state index in [1.54, 1.807) is 29.2 Å². The summed E-state index contributed by atoms with van der Waals surface area (Å²) in [4.78, 5) is 30.1. The van der Waals surface area contributed by atoms with Gasteiger partial charge in [0.05, 0.1) is 11.3 Å². The monoisotopic (exact) mass is 416 g/mol. The van der Waals surface area contributed by atoms with Gasteiger partial charge in [0, 0.05) is 17.8 Å². The lowest BCUT2D eigenvalue weighted by Gasteiger charge is -2.21. The average Bonchev–Trinajstić information content (AvgIpc) is 3.01. The van der Waals surface area contributed by atoms with Crippen LogP contribution in [0.3, 0.4) is 0 Å². The fourth-order valence-electron chi connectivity index (χ4n) is 3.59. The third kappa shape index (κ3) is 3.40. The number of amides is 2. The van der Waals surface area contributed by atoms with Crippen molar-refractivity contribution in [2.75, 3.05) is 16.8 Å². The van der Waals surface area contributed by atoms with E-state index < -0.39 is 0 Å². The van der Waals surface area contributed by atoms with E-state index in [0.717, 1.165) is 22.4 Å². The normalized spacial score (nSPS) is 13.9. The molecule has 5 heteroatoms. The standard InChI is InChI=1S/C25H21ClN2O2/c1-16-9-10-18(15-17(16)2)22-23(27(3)20-7-5-4-6-8-20)25(30)28(24(22)29)21-13-11-19(26)12-14-21/h4-15H,1-3H3. The van der Waals surface area contributed by atoms with E-state index in [4.69, 9.17) is 11.6 Å². The lowest BCUT2D eigenvalue weighted by atomic mass is 9.99. The molecule has 0 N–H and O–H groups in total. The molecule has 150 valence electrons. The second-order valence-corrected chi connectivity index (χ2v) is 7.78. The van der Waals surface area contributed by atoms with Crippen LogP contribution in [0.2, 0.25) is 5.02 Å². The van der Waals surface area contributed by atoms with Gasteiger partial charge in [-0.25, -0.2) is 4.90 Å². The molecule has 2 amide bonds. The van der Waals surface area contributed by atoms with Crippen molar-refractivity contribution in [1.29, 1.82) is 0 Å². The smallest absolute Gasteiger partial charge is 0.282 e. The Kier molecular flexibility index (Phi) is 5.18. The first-order valence-corrected chi connectivity index (χ1v) is 10.0. The van der Waals surface area contributed by atoms with Crippen molar-refractivity contribution in [3.63, 3.8) is 0 Å². The minimum atomic E-state index is -0.359. The van der Waals surface area contributed by atoms with Gasteiger partial charge in [0.2, 0.25) is 0 Å². The summed E-state index contributed by atoms with van der Waals surface area (Å²) in [6, 6.07) is 22.1. The topological polar surface area (TPSA) is 40.6 Å². The second kappa shape index (κ2) is 7.81. The molecule has 0 atom stereocenters. The Morgan fingerprint density at radius 2 is 1.47 bits per heavy atom. The van der Waals surface area contributed by atoms with E-state index in [2.05, 4.69) is 0 Å². The molecule has 30 heavy (non-hydrogen) atoms. The first-order valence-electron chi connectivity index (χ1n) is 9.63. The summed E-state index contributed by atoms with van der Waals surface area (Å²) in [5, 5.41) is 0.543. The Bertz CT molecular complexity index is 1170. The van der Waals surface area contributed by atoms with Crippen LogP contribution in [0, 0.1) is 13.8 Å². The number of hydrogen-bond donors (Lipinski definition) is 0. The number of para-hydroxylation sites is 1. The molecule has 3 aromatic rings. The maximum absolute atomic E-state index is 13.5. The number of halogens is 1. The number of likely N-dealkylation sites (N-methyl/N-ethyl adjacent to an activating group) is 1. The van der Waals surface area contributed by atoms with Gasteiger partial charge in [-0.15, -0.1) is 0 Å². The van der Waals surface area contributed by atoms with Gasteiger partial charge in [-0.2, -0.15) is 0 Å². The molecule has 0 unspecified atom stereocenters. The summed E-state index contributed by atoms with van der Waals surface area (Å²) >= 11 is 6.00. The lowest BCUT2D eigenvalue weighted by molar-refractivity contribution is -0.120. The van der Waals surface area contributed by atoms with E-state index in [9.17, 15) is 9.59 Å². The molecule has 3 aromatic carbocycles. The number of carbonyl (C=O) groups is 2. The van der Waals surface area contributed by atoms with Gasteiger partial charge in [-0.05, 0) is 66.9 Å². The molecule has 0 bridgehead atoms. The van der Waals surface area contributed by atoms with Crippen LogP contribution >= 0.6 is 11.6 Å². The molecule has 4 rings (SSSR count). The Hall–Kier alpha value is -3.37. The predicted molar refractivity (Wildman–Crippen MR) is 122 cm³/mol. The highest BCUT2D eigenvalue weighted by Crippen LogP contribution is 2.36. The summed E-state index contributed by atoms with van der Waals surface area (Å²) in [6.07, 6.45) is 0. The van der Waals surface area contributed by atoms with Crippen LogP contribution in [-0.2, 0) is 9.59 Å². The fourth-order valence-corrected chi connectivity index (χ4v) is 3.72. The Labute approximate surface area is 181 Å². The quantitative estimate of drug-likeness (QED) is 0.536. The van der Waals surface area contributed by atoms with E-state index >= 15 is 0 Å². The molecule has 1 aliphatic rings. The van der Waals surface area contributed by atoms with Crippen LogP contribution < -0.4 is 9.80 Å². The number of benzene rings is 3. The fraction of sp³-hybridized carbons (Fsp3) is 0.120. The minimum absolute atomic E-state index is 0.344. The van der Waals surface area contributed by atoms with Gasteiger partial charge < -0.3 is 4.90 Å². The van der Waals surface area contributed by atoms with Crippen molar-refractivity contribution < 1.29 is 9.59 Å². The van der Waals surface area contributed by atoms with Crippen molar-refractivity contribution in [2.24, 2.45) is 0 Å². The van der Waals surface area contributed by atoms with Crippen molar-refractivity contribution in [1.82, 2.24) is 0 Å². The molecule has 0 radical (unpaired) electrons. The molecule has 0 aromatic heterocycles. The van der Waals surface area contributed by atoms with Gasteiger partial charge in [0.15, 0.2) is 0 Å². The number of aryl methyl sites for hydroxylation is 2. The molecule has 0 fully saturated rings. The van der Waals surface area contributed by atoms with E-state index in [1.165, 1.54) is 4.90 Å². The van der Waals surface area contributed by atoms with Gasteiger partial charge in [-0.3, -0.25) is 9.59 Å². The number of hydrogen-bond acceptors (Lipinski definition) is 3. The number of nitrogens with zero attached hydrogens (tertiary/aromatic N) is 2. The van der Waals surface area contributed by atoms with Crippen LogP contribution in [0.4, 0.5) is 11.4 Å². The molecule has 1 aliphatic heterocycles. The summed E-state index contributed by atoms with van der Waals surface area (Å²) < 4.78 is 0. The van der Waals surface area contributed by atoms with Crippen LogP contribution in [0.25, 0.3) is 5.57 Å². The molecule has 0 saturated heterocycles. The van der Waals surface area contributed by atoms with Gasteiger partial charge in [0.1, 0.15) is 5.70 Å². The Morgan fingerprint density at radius 1 is 0.800 bits per heavy atom. The minimum Gasteiger partial charge on any atom is -0.339 e. The molecular formula is C25H21ClN2O2. The Balaban J connectivity index is 1.89. The van der Waals surface area contributed by atoms with Crippen molar-refractivity contribution in [3.05, 3.63) is 100 Å². The summed E-state index contributed by atoms with van der Waals surface area (Å²) in [7, 11) is 1.81. The van der Waals surface area contributed by atoms with E-state index in [1.807, 2.05) is 69.4 Å². The second-order valence-electron chi connectivity index (χ2n) is 7.34. The molecule has 1 heterocycles. The van der Waals surface area contributed by atoms with E-state index in [-0.39, 0.29) is 11.8 Å². The molecule has 0 aliphatic carbocycles.